The number of piperidine rings is 1. The fraction of sp³-hybridized carbons (Fsp3) is 0.375. The van der Waals surface area contributed by atoms with Gasteiger partial charge in [-0.15, -0.1) is 0 Å². The average Bonchev–Trinajstić information content (AvgIpc) is 3.30. The van der Waals surface area contributed by atoms with Gasteiger partial charge in [-0.25, -0.2) is 4.98 Å². The normalized spacial score (nSPS) is 14.2. The van der Waals surface area contributed by atoms with Crippen molar-refractivity contribution in [3.63, 3.8) is 0 Å². The summed E-state index contributed by atoms with van der Waals surface area (Å²) in [5.74, 6) is 1.05. The number of hydrogen-bond acceptors (Lipinski definition) is 6. The molecule has 2 N–H and O–H groups in total. The van der Waals surface area contributed by atoms with Crippen molar-refractivity contribution < 1.29 is 23.8 Å². The first-order valence-electron chi connectivity index (χ1n) is 10.8. The quantitative estimate of drug-likeness (QED) is 0.571. The van der Waals surface area contributed by atoms with E-state index < -0.39 is 0 Å². The lowest BCUT2D eigenvalue weighted by atomic mass is 9.89. The Morgan fingerprint density at radius 3 is 2.45 bits per heavy atom. The van der Waals surface area contributed by atoms with Gasteiger partial charge in [0.15, 0.2) is 11.5 Å². The number of methoxy groups -OCH3 is 3. The van der Waals surface area contributed by atoms with E-state index in [2.05, 4.69) is 21.4 Å². The standard InChI is InChI=1S/C24H28N4O5/c1-31-19-11-16(12-20(32-2)22(19)33-3)24(30)27-14-21(29)28-9-6-15(7-10-28)18-13-26-23-17(18)5-4-8-25-23/h4-5,8,11-13,15H,6-7,9-10,14H2,1-3H3,(H,25,26)(H,27,30). The van der Waals surface area contributed by atoms with E-state index in [1.807, 2.05) is 12.3 Å². The molecule has 0 saturated carbocycles. The molecule has 174 valence electrons. The summed E-state index contributed by atoms with van der Waals surface area (Å²) in [7, 11) is 4.47. The molecule has 2 amide bonds. The van der Waals surface area contributed by atoms with Crippen LogP contribution in [0.3, 0.4) is 0 Å². The highest BCUT2D eigenvalue weighted by Gasteiger charge is 2.26. The van der Waals surface area contributed by atoms with E-state index in [0.717, 1.165) is 23.9 Å². The number of likely N-dealkylation sites (tertiary alicyclic amines) is 1. The third-order valence-electron chi connectivity index (χ3n) is 6.10. The molecule has 0 bridgehead atoms. The molecule has 33 heavy (non-hydrogen) atoms. The Balaban J connectivity index is 1.34. The zero-order chi connectivity index (χ0) is 23.4. The molecule has 0 radical (unpaired) electrons. The molecular weight excluding hydrogens is 424 g/mol. The molecule has 0 atom stereocenters. The van der Waals surface area contributed by atoms with Gasteiger partial charge in [-0.3, -0.25) is 9.59 Å². The maximum Gasteiger partial charge on any atom is 0.251 e. The minimum absolute atomic E-state index is 0.0723. The van der Waals surface area contributed by atoms with E-state index in [0.29, 0.717) is 41.8 Å². The molecule has 0 unspecified atom stereocenters. The van der Waals surface area contributed by atoms with E-state index in [9.17, 15) is 9.59 Å². The Hall–Kier alpha value is -3.75. The summed E-state index contributed by atoms with van der Waals surface area (Å²) >= 11 is 0. The number of carbonyl (C=O) groups is 2. The number of pyridine rings is 1. The van der Waals surface area contributed by atoms with Crippen molar-refractivity contribution in [3.8, 4) is 17.2 Å². The third-order valence-corrected chi connectivity index (χ3v) is 6.10. The van der Waals surface area contributed by atoms with Crippen molar-refractivity contribution in [2.24, 2.45) is 0 Å². The van der Waals surface area contributed by atoms with Crippen LogP contribution in [0.15, 0.2) is 36.7 Å². The van der Waals surface area contributed by atoms with E-state index in [1.54, 1.807) is 23.2 Å². The minimum atomic E-state index is -0.385. The third kappa shape index (κ3) is 4.57. The summed E-state index contributed by atoms with van der Waals surface area (Å²) < 4.78 is 15.9. The van der Waals surface area contributed by atoms with E-state index in [-0.39, 0.29) is 18.4 Å². The Kier molecular flexibility index (Phi) is 6.67. The first kappa shape index (κ1) is 22.4. The van der Waals surface area contributed by atoms with Crippen LogP contribution in [0.25, 0.3) is 11.0 Å². The molecule has 0 aliphatic carbocycles. The summed E-state index contributed by atoms with van der Waals surface area (Å²) in [4.78, 5) is 34.8. The minimum Gasteiger partial charge on any atom is -0.493 e. The largest absolute Gasteiger partial charge is 0.493 e. The van der Waals surface area contributed by atoms with Crippen molar-refractivity contribution in [2.45, 2.75) is 18.8 Å². The smallest absolute Gasteiger partial charge is 0.251 e. The second-order valence-electron chi connectivity index (χ2n) is 7.90. The van der Waals surface area contributed by atoms with Crippen molar-refractivity contribution in [1.29, 1.82) is 0 Å². The highest BCUT2D eigenvalue weighted by Crippen LogP contribution is 2.38. The Morgan fingerprint density at radius 2 is 1.82 bits per heavy atom. The van der Waals surface area contributed by atoms with Gasteiger partial charge in [0.25, 0.3) is 5.91 Å². The molecule has 2 aromatic heterocycles. The zero-order valence-corrected chi connectivity index (χ0v) is 19.0. The van der Waals surface area contributed by atoms with Gasteiger partial charge in [-0.1, -0.05) is 0 Å². The Morgan fingerprint density at radius 1 is 1.12 bits per heavy atom. The second-order valence-corrected chi connectivity index (χ2v) is 7.90. The fourth-order valence-corrected chi connectivity index (χ4v) is 4.34. The van der Waals surface area contributed by atoms with Gasteiger partial charge >= 0.3 is 0 Å². The highest BCUT2D eigenvalue weighted by atomic mass is 16.5. The monoisotopic (exact) mass is 452 g/mol. The molecule has 1 fully saturated rings. The van der Waals surface area contributed by atoms with Gasteiger partial charge in [0, 0.05) is 36.4 Å². The molecule has 9 nitrogen and oxygen atoms in total. The van der Waals surface area contributed by atoms with Crippen LogP contribution in [0, 0.1) is 0 Å². The summed E-state index contributed by atoms with van der Waals surface area (Å²) in [6.07, 6.45) is 5.54. The second kappa shape index (κ2) is 9.81. The number of nitrogens with zero attached hydrogens (tertiary/aromatic N) is 2. The summed E-state index contributed by atoms with van der Waals surface area (Å²) in [6.45, 7) is 1.23. The summed E-state index contributed by atoms with van der Waals surface area (Å²) in [5.41, 5.74) is 2.46. The number of fused-ring (bicyclic) bond motifs is 1. The zero-order valence-electron chi connectivity index (χ0n) is 19.0. The van der Waals surface area contributed by atoms with Crippen LogP contribution in [0.2, 0.25) is 0 Å². The van der Waals surface area contributed by atoms with E-state index >= 15 is 0 Å². The SMILES string of the molecule is COc1cc(C(=O)NCC(=O)N2CCC(c3c[nH]c4ncccc34)CC2)cc(OC)c1OC. The predicted molar refractivity (Wildman–Crippen MR) is 123 cm³/mol. The first-order valence-corrected chi connectivity index (χ1v) is 10.8. The number of aromatic nitrogens is 2. The van der Waals surface area contributed by atoms with Crippen molar-refractivity contribution in [1.82, 2.24) is 20.2 Å². The fourth-order valence-electron chi connectivity index (χ4n) is 4.34. The van der Waals surface area contributed by atoms with Gasteiger partial charge in [-0.05, 0) is 48.6 Å². The van der Waals surface area contributed by atoms with Crippen molar-refractivity contribution in [3.05, 3.63) is 47.8 Å². The lowest BCUT2D eigenvalue weighted by molar-refractivity contribution is -0.131. The number of H-pyrrole nitrogens is 1. The van der Waals surface area contributed by atoms with E-state index in [1.165, 1.54) is 26.9 Å². The van der Waals surface area contributed by atoms with Crippen LogP contribution in [0.1, 0.15) is 34.7 Å². The molecular formula is C24H28N4O5. The summed E-state index contributed by atoms with van der Waals surface area (Å²) in [5, 5.41) is 3.84. The maximum atomic E-state index is 12.7. The number of nitrogens with one attached hydrogen (secondary N) is 2. The van der Waals surface area contributed by atoms with Crippen LogP contribution >= 0.6 is 0 Å². The maximum absolute atomic E-state index is 12.7. The molecule has 9 heteroatoms. The number of ether oxygens (including phenoxy) is 3. The van der Waals surface area contributed by atoms with Crippen molar-refractivity contribution >= 4 is 22.8 Å². The predicted octanol–water partition coefficient (Wildman–Crippen LogP) is 2.72. The van der Waals surface area contributed by atoms with E-state index in [4.69, 9.17) is 14.2 Å². The molecule has 3 heterocycles. The van der Waals surface area contributed by atoms with Gasteiger partial charge in [-0.2, -0.15) is 0 Å². The first-order chi connectivity index (χ1) is 16.0. The molecule has 0 spiro atoms. The molecule has 1 aliphatic rings. The number of carbonyl (C=O) groups excluding carboxylic acids is 2. The highest BCUT2D eigenvalue weighted by molar-refractivity contribution is 5.97. The number of amides is 2. The van der Waals surface area contributed by atoms with Gasteiger partial charge < -0.3 is 29.4 Å². The number of rotatable bonds is 7. The Bertz CT molecular complexity index is 1130. The van der Waals surface area contributed by atoms with Crippen LogP contribution in [0.5, 0.6) is 17.2 Å². The van der Waals surface area contributed by atoms with Crippen molar-refractivity contribution in [2.75, 3.05) is 41.0 Å². The Labute approximate surface area is 192 Å². The van der Waals surface area contributed by atoms with Crippen LogP contribution < -0.4 is 19.5 Å². The lowest BCUT2D eigenvalue weighted by Gasteiger charge is -2.32. The molecule has 3 aromatic rings. The average molecular weight is 453 g/mol. The topological polar surface area (TPSA) is 106 Å². The van der Waals surface area contributed by atoms with Crippen LogP contribution in [-0.4, -0.2) is 67.6 Å². The molecule has 4 rings (SSSR count). The molecule has 1 saturated heterocycles. The number of aromatic amines is 1. The molecule has 1 aromatic carbocycles. The molecule has 1 aliphatic heterocycles. The van der Waals surface area contributed by atoms with Crippen LogP contribution in [0.4, 0.5) is 0 Å². The van der Waals surface area contributed by atoms with Gasteiger partial charge in [0.1, 0.15) is 5.65 Å². The number of benzene rings is 1. The summed E-state index contributed by atoms with van der Waals surface area (Å²) in [6, 6.07) is 7.13. The lowest BCUT2D eigenvalue weighted by Crippen LogP contribution is -2.43. The number of hydrogen-bond donors (Lipinski definition) is 2. The van der Waals surface area contributed by atoms with Gasteiger partial charge in [0.2, 0.25) is 11.7 Å². The van der Waals surface area contributed by atoms with Crippen LogP contribution in [-0.2, 0) is 4.79 Å². The van der Waals surface area contributed by atoms with Gasteiger partial charge in [0.05, 0.1) is 27.9 Å².